The average molecular weight is 388 g/mol. The second kappa shape index (κ2) is 6.45. The Morgan fingerprint density at radius 3 is 2.67 bits per heavy atom. The summed E-state index contributed by atoms with van der Waals surface area (Å²) in [5.74, 6) is 0.138. The van der Waals surface area contributed by atoms with Crippen molar-refractivity contribution in [2.45, 2.75) is 11.8 Å². The van der Waals surface area contributed by atoms with E-state index < -0.39 is 16.0 Å². The van der Waals surface area contributed by atoms with Gasteiger partial charge in [-0.2, -0.15) is 0 Å². The van der Waals surface area contributed by atoms with Crippen molar-refractivity contribution in [1.82, 2.24) is 0 Å². The van der Waals surface area contributed by atoms with E-state index in [0.29, 0.717) is 36.7 Å². The van der Waals surface area contributed by atoms with Crippen molar-refractivity contribution in [1.29, 1.82) is 0 Å². The Kier molecular flexibility index (Phi) is 4.22. The van der Waals surface area contributed by atoms with Gasteiger partial charge in [0.15, 0.2) is 0 Å². The summed E-state index contributed by atoms with van der Waals surface area (Å²) in [6.07, 6.45) is 0. The van der Waals surface area contributed by atoms with Crippen molar-refractivity contribution in [2.24, 2.45) is 0 Å². The summed E-state index contributed by atoms with van der Waals surface area (Å²) in [7, 11) is -2.58. The second-order valence-corrected chi connectivity index (χ2v) is 8.29. The van der Waals surface area contributed by atoms with Crippen LogP contribution in [0.15, 0.2) is 41.3 Å². The fraction of sp³-hybridized carbons (Fsp3) is 0.316. The number of methoxy groups -OCH3 is 1. The van der Waals surface area contributed by atoms with Gasteiger partial charge in [-0.05, 0) is 36.8 Å². The highest BCUT2D eigenvalue weighted by Gasteiger charge is 2.36. The molecule has 2 aliphatic heterocycles. The molecule has 2 aromatic rings. The molecule has 0 saturated carbocycles. The largest absolute Gasteiger partial charge is 0.489 e. The van der Waals surface area contributed by atoms with Gasteiger partial charge in [0.25, 0.3) is 10.0 Å². The molecule has 27 heavy (non-hydrogen) atoms. The number of hydrogen-bond donors (Lipinski definition) is 0. The highest BCUT2D eigenvalue weighted by Crippen LogP contribution is 2.44. The maximum atomic E-state index is 13.5. The minimum absolute atomic E-state index is 0.105. The molecule has 0 unspecified atom stereocenters. The number of para-hydroxylation sites is 1. The number of esters is 1. The van der Waals surface area contributed by atoms with Gasteiger partial charge in [0.2, 0.25) is 0 Å². The van der Waals surface area contributed by atoms with Crippen LogP contribution < -0.4 is 13.9 Å². The van der Waals surface area contributed by atoms with Crippen LogP contribution in [0.4, 0.5) is 11.4 Å². The molecule has 0 radical (unpaired) electrons. The monoisotopic (exact) mass is 388 g/mol. The summed E-state index contributed by atoms with van der Waals surface area (Å²) in [6.45, 7) is 3.86. The van der Waals surface area contributed by atoms with Crippen LogP contribution in [-0.4, -0.2) is 47.7 Å². The lowest BCUT2D eigenvalue weighted by Crippen LogP contribution is -2.47. The van der Waals surface area contributed by atoms with Crippen molar-refractivity contribution >= 4 is 27.4 Å². The number of benzene rings is 2. The molecule has 0 fully saturated rings. The lowest BCUT2D eigenvalue weighted by molar-refractivity contribution is 0.0599. The molecule has 0 spiro atoms. The standard InChI is InChI=1S/C19H20N2O5S/c1-13-14(19(22)25-2)5-3-8-17(13)27(23,24)21-10-9-20-11-12-26-16-7-4-6-15(21)18(16)20/h3-8H,9-12H2,1-2H3. The zero-order valence-corrected chi connectivity index (χ0v) is 16.0. The Balaban J connectivity index is 1.84. The number of anilines is 2. The van der Waals surface area contributed by atoms with Gasteiger partial charge < -0.3 is 14.4 Å². The van der Waals surface area contributed by atoms with Crippen molar-refractivity contribution in [2.75, 3.05) is 42.6 Å². The van der Waals surface area contributed by atoms with Crippen LogP contribution in [0.2, 0.25) is 0 Å². The van der Waals surface area contributed by atoms with Gasteiger partial charge in [-0.3, -0.25) is 4.31 Å². The van der Waals surface area contributed by atoms with Gasteiger partial charge in [0, 0.05) is 6.54 Å². The number of carbonyl (C=O) groups excluding carboxylic acids is 1. The van der Waals surface area contributed by atoms with E-state index in [2.05, 4.69) is 4.90 Å². The number of ether oxygens (including phenoxy) is 2. The number of sulfonamides is 1. The Bertz CT molecular complexity index is 1020. The van der Waals surface area contributed by atoms with Crippen LogP contribution in [0.3, 0.4) is 0 Å². The predicted octanol–water partition coefficient (Wildman–Crippen LogP) is 2.19. The SMILES string of the molecule is COC(=O)c1cccc(S(=O)(=O)N2CCN3CCOc4cccc2c43)c1C. The zero-order valence-electron chi connectivity index (χ0n) is 15.1. The lowest BCUT2D eigenvalue weighted by atomic mass is 10.1. The van der Waals surface area contributed by atoms with E-state index in [1.807, 2.05) is 6.07 Å². The van der Waals surface area contributed by atoms with Crippen LogP contribution >= 0.6 is 0 Å². The maximum Gasteiger partial charge on any atom is 0.338 e. The van der Waals surface area contributed by atoms with E-state index in [9.17, 15) is 13.2 Å². The van der Waals surface area contributed by atoms with E-state index in [-0.39, 0.29) is 10.5 Å². The fourth-order valence-corrected chi connectivity index (χ4v) is 5.39. The first-order valence-corrected chi connectivity index (χ1v) is 10.1. The van der Waals surface area contributed by atoms with Crippen molar-refractivity contribution < 1.29 is 22.7 Å². The molecule has 0 bridgehead atoms. The highest BCUT2D eigenvalue weighted by atomic mass is 32.2. The summed E-state index contributed by atoms with van der Waals surface area (Å²) >= 11 is 0. The summed E-state index contributed by atoms with van der Waals surface area (Å²) in [5.41, 5.74) is 2.03. The van der Waals surface area contributed by atoms with Gasteiger partial charge >= 0.3 is 5.97 Å². The smallest absolute Gasteiger partial charge is 0.338 e. The normalized spacial score (nSPS) is 15.8. The van der Waals surface area contributed by atoms with Gasteiger partial charge in [0.1, 0.15) is 18.0 Å². The van der Waals surface area contributed by atoms with Crippen LogP contribution in [0, 0.1) is 6.92 Å². The first-order valence-electron chi connectivity index (χ1n) is 8.66. The average Bonchev–Trinajstić information content (AvgIpc) is 2.68. The lowest BCUT2D eigenvalue weighted by Gasteiger charge is -2.41. The Morgan fingerprint density at radius 2 is 1.89 bits per heavy atom. The number of carbonyl (C=O) groups is 1. The highest BCUT2D eigenvalue weighted by molar-refractivity contribution is 7.93. The second-order valence-electron chi connectivity index (χ2n) is 6.46. The van der Waals surface area contributed by atoms with Gasteiger partial charge in [-0.25, -0.2) is 13.2 Å². The molecule has 7 nitrogen and oxygen atoms in total. The third-order valence-corrected chi connectivity index (χ3v) is 6.97. The van der Waals surface area contributed by atoms with Crippen LogP contribution in [0.25, 0.3) is 0 Å². The quantitative estimate of drug-likeness (QED) is 0.751. The van der Waals surface area contributed by atoms with E-state index >= 15 is 0 Å². The van der Waals surface area contributed by atoms with E-state index in [1.54, 1.807) is 31.2 Å². The van der Waals surface area contributed by atoms with Crippen molar-refractivity contribution in [3.63, 3.8) is 0 Å². The van der Waals surface area contributed by atoms with Gasteiger partial charge in [-0.15, -0.1) is 0 Å². The number of hydrogen-bond acceptors (Lipinski definition) is 6. The van der Waals surface area contributed by atoms with Crippen LogP contribution in [0.5, 0.6) is 5.75 Å². The molecule has 0 aliphatic carbocycles. The predicted molar refractivity (Wildman–Crippen MR) is 101 cm³/mol. The molecule has 0 saturated heterocycles. The van der Waals surface area contributed by atoms with Gasteiger partial charge in [0.05, 0.1) is 36.3 Å². The number of rotatable bonds is 3. The van der Waals surface area contributed by atoms with Crippen molar-refractivity contribution in [3.05, 3.63) is 47.5 Å². The van der Waals surface area contributed by atoms with Crippen LogP contribution in [-0.2, 0) is 14.8 Å². The van der Waals surface area contributed by atoms with Crippen molar-refractivity contribution in [3.8, 4) is 5.75 Å². The molecule has 2 heterocycles. The molecule has 142 valence electrons. The molecular weight excluding hydrogens is 368 g/mol. The zero-order chi connectivity index (χ0) is 19.2. The Hall–Kier alpha value is -2.74. The topological polar surface area (TPSA) is 76.2 Å². The third kappa shape index (κ3) is 2.71. The first kappa shape index (κ1) is 17.7. The summed E-state index contributed by atoms with van der Waals surface area (Å²) in [6, 6.07) is 10.1. The molecule has 2 aliphatic rings. The summed E-state index contributed by atoms with van der Waals surface area (Å²) in [4.78, 5) is 14.2. The summed E-state index contributed by atoms with van der Waals surface area (Å²) < 4.78 is 38.8. The van der Waals surface area contributed by atoms with E-state index in [0.717, 1.165) is 12.2 Å². The maximum absolute atomic E-state index is 13.5. The molecule has 4 rings (SSSR count). The first-order chi connectivity index (χ1) is 12.9. The van der Waals surface area contributed by atoms with Gasteiger partial charge in [-0.1, -0.05) is 12.1 Å². The van der Waals surface area contributed by atoms with Crippen LogP contribution in [0.1, 0.15) is 15.9 Å². The Morgan fingerprint density at radius 1 is 1.11 bits per heavy atom. The van der Waals surface area contributed by atoms with E-state index in [1.165, 1.54) is 17.5 Å². The molecule has 2 aromatic carbocycles. The molecular formula is C19H20N2O5S. The number of nitrogens with zero attached hydrogens (tertiary/aromatic N) is 2. The fourth-order valence-electron chi connectivity index (χ4n) is 3.67. The minimum Gasteiger partial charge on any atom is -0.489 e. The molecule has 0 atom stereocenters. The van der Waals surface area contributed by atoms with E-state index in [4.69, 9.17) is 9.47 Å². The third-order valence-electron chi connectivity index (χ3n) is 5.01. The molecule has 8 heteroatoms. The minimum atomic E-state index is -3.85. The summed E-state index contributed by atoms with van der Waals surface area (Å²) in [5, 5.41) is 0. The molecule has 0 aromatic heterocycles. The Labute approximate surface area is 158 Å². The molecule has 0 amide bonds. The molecule has 0 N–H and O–H groups in total.